The van der Waals surface area contributed by atoms with E-state index >= 15 is 0 Å². The molecular weight excluding hydrogens is 320 g/mol. The third-order valence-electron chi connectivity index (χ3n) is 2.94. The first-order chi connectivity index (χ1) is 9.22. The van der Waals surface area contributed by atoms with Crippen molar-refractivity contribution in [3.63, 3.8) is 0 Å². The normalized spacial score (nSPS) is 10.8. The van der Waals surface area contributed by atoms with Gasteiger partial charge in [0, 0.05) is 10.2 Å². The zero-order valence-corrected chi connectivity index (χ0v) is 12.9. The fourth-order valence-corrected chi connectivity index (χ4v) is 3.08. The standard InChI is InChI=1S/C15H13BrN2S/c1-10-8-11(6-7-12(10)16)17-9-15-18-13-4-2-3-5-14(13)19-15/h2-8,17H,9H2,1H3. The SMILES string of the molecule is Cc1cc(NCc2nc3ccccc3s2)ccc1Br. The number of anilines is 1. The minimum atomic E-state index is 0.764. The highest BCUT2D eigenvalue weighted by molar-refractivity contribution is 9.10. The number of aryl methyl sites for hydroxylation is 1. The van der Waals surface area contributed by atoms with Gasteiger partial charge >= 0.3 is 0 Å². The van der Waals surface area contributed by atoms with Crippen molar-refractivity contribution in [1.82, 2.24) is 4.98 Å². The second-order valence-electron chi connectivity index (χ2n) is 4.39. The molecule has 0 aliphatic carbocycles. The molecule has 0 radical (unpaired) electrons. The summed E-state index contributed by atoms with van der Waals surface area (Å²) in [6, 6.07) is 14.5. The van der Waals surface area contributed by atoms with Crippen LogP contribution in [0.1, 0.15) is 10.6 Å². The van der Waals surface area contributed by atoms with E-state index in [4.69, 9.17) is 0 Å². The summed E-state index contributed by atoms with van der Waals surface area (Å²) in [5.74, 6) is 0. The minimum absolute atomic E-state index is 0.764. The highest BCUT2D eigenvalue weighted by Crippen LogP contribution is 2.24. The van der Waals surface area contributed by atoms with E-state index in [1.165, 1.54) is 10.3 Å². The number of para-hydroxylation sites is 1. The summed E-state index contributed by atoms with van der Waals surface area (Å²) >= 11 is 5.25. The zero-order chi connectivity index (χ0) is 13.2. The van der Waals surface area contributed by atoms with Crippen LogP contribution in [0.5, 0.6) is 0 Å². The number of fused-ring (bicyclic) bond motifs is 1. The molecule has 0 amide bonds. The van der Waals surface area contributed by atoms with Crippen molar-refractivity contribution in [3.05, 3.63) is 57.5 Å². The lowest BCUT2D eigenvalue weighted by Gasteiger charge is -2.06. The smallest absolute Gasteiger partial charge is 0.113 e. The molecule has 0 atom stereocenters. The Morgan fingerprint density at radius 2 is 2.05 bits per heavy atom. The Morgan fingerprint density at radius 3 is 2.84 bits per heavy atom. The van der Waals surface area contributed by atoms with Gasteiger partial charge in [0.25, 0.3) is 0 Å². The Bertz CT molecular complexity index is 688. The van der Waals surface area contributed by atoms with Gasteiger partial charge in [-0.15, -0.1) is 11.3 Å². The molecule has 3 rings (SSSR count). The summed E-state index contributed by atoms with van der Waals surface area (Å²) in [6.07, 6.45) is 0. The first kappa shape index (κ1) is 12.6. The minimum Gasteiger partial charge on any atom is -0.379 e. The second kappa shape index (κ2) is 5.31. The Labute approximate surface area is 124 Å². The number of thiazole rings is 1. The van der Waals surface area contributed by atoms with Crippen molar-refractivity contribution < 1.29 is 0 Å². The van der Waals surface area contributed by atoms with Gasteiger partial charge < -0.3 is 5.32 Å². The third kappa shape index (κ3) is 2.80. The van der Waals surface area contributed by atoms with Crippen LogP contribution < -0.4 is 5.32 Å². The number of hydrogen-bond donors (Lipinski definition) is 1. The van der Waals surface area contributed by atoms with Crippen molar-refractivity contribution in [1.29, 1.82) is 0 Å². The monoisotopic (exact) mass is 332 g/mol. The van der Waals surface area contributed by atoms with E-state index < -0.39 is 0 Å². The quantitative estimate of drug-likeness (QED) is 0.731. The van der Waals surface area contributed by atoms with Gasteiger partial charge in [-0.05, 0) is 42.8 Å². The first-order valence-electron chi connectivity index (χ1n) is 6.07. The van der Waals surface area contributed by atoms with Crippen molar-refractivity contribution in [2.75, 3.05) is 5.32 Å². The van der Waals surface area contributed by atoms with Crippen molar-refractivity contribution in [2.45, 2.75) is 13.5 Å². The van der Waals surface area contributed by atoms with E-state index in [9.17, 15) is 0 Å². The molecule has 0 unspecified atom stereocenters. The highest BCUT2D eigenvalue weighted by atomic mass is 79.9. The van der Waals surface area contributed by atoms with Crippen LogP contribution in [0.25, 0.3) is 10.2 Å². The molecule has 0 bridgehead atoms. The van der Waals surface area contributed by atoms with Crippen molar-refractivity contribution in [3.8, 4) is 0 Å². The van der Waals surface area contributed by atoms with Gasteiger partial charge in [-0.1, -0.05) is 28.1 Å². The van der Waals surface area contributed by atoms with Gasteiger partial charge in [-0.2, -0.15) is 0 Å². The number of benzene rings is 2. The maximum atomic E-state index is 4.61. The molecule has 0 spiro atoms. The van der Waals surface area contributed by atoms with E-state index in [1.807, 2.05) is 6.07 Å². The van der Waals surface area contributed by atoms with E-state index in [-0.39, 0.29) is 0 Å². The predicted molar refractivity (Wildman–Crippen MR) is 85.8 cm³/mol. The Morgan fingerprint density at radius 1 is 1.21 bits per heavy atom. The van der Waals surface area contributed by atoms with Gasteiger partial charge in [0.05, 0.1) is 16.8 Å². The lowest BCUT2D eigenvalue weighted by Crippen LogP contribution is -1.98. The van der Waals surface area contributed by atoms with Crippen LogP contribution in [0, 0.1) is 6.92 Å². The number of halogens is 1. The fourth-order valence-electron chi connectivity index (χ4n) is 1.93. The fraction of sp³-hybridized carbons (Fsp3) is 0.133. The van der Waals surface area contributed by atoms with Gasteiger partial charge in [0.15, 0.2) is 0 Å². The number of rotatable bonds is 3. The molecule has 0 fully saturated rings. The van der Waals surface area contributed by atoms with Crippen LogP contribution in [0.4, 0.5) is 5.69 Å². The molecule has 2 nitrogen and oxygen atoms in total. The largest absolute Gasteiger partial charge is 0.379 e. The Hall–Kier alpha value is -1.39. The molecule has 1 aromatic heterocycles. The summed E-state index contributed by atoms with van der Waals surface area (Å²) in [7, 11) is 0. The lowest BCUT2D eigenvalue weighted by molar-refractivity contribution is 1.12. The molecule has 0 saturated carbocycles. The van der Waals surface area contributed by atoms with Crippen LogP contribution in [-0.4, -0.2) is 4.98 Å². The van der Waals surface area contributed by atoms with Gasteiger partial charge in [-0.3, -0.25) is 0 Å². The molecule has 96 valence electrons. The summed E-state index contributed by atoms with van der Waals surface area (Å²) in [5.41, 5.74) is 3.44. The summed E-state index contributed by atoms with van der Waals surface area (Å²) in [4.78, 5) is 4.61. The molecule has 0 aliphatic rings. The maximum absolute atomic E-state index is 4.61. The van der Waals surface area contributed by atoms with Gasteiger partial charge in [0.1, 0.15) is 5.01 Å². The molecule has 2 aromatic carbocycles. The first-order valence-corrected chi connectivity index (χ1v) is 7.68. The molecular formula is C15H13BrN2S. The number of nitrogens with zero attached hydrogens (tertiary/aromatic N) is 1. The van der Waals surface area contributed by atoms with Crippen molar-refractivity contribution >= 4 is 43.2 Å². The molecule has 1 heterocycles. The molecule has 0 aliphatic heterocycles. The lowest BCUT2D eigenvalue weighted by atomic mass is 10.2. The molecule has 1 N–H and O–H groups in total. The van der Waals surface area contributed by atoms with Crippen LogP contribution in [0.15, 0.2) is 46.9 Å². The van der Waals surface area contributed by atoms with E-state index in [1.54, 1.807) is 11.3 Å². The summed E-state index contributed by atoms with van der Waals surface area (Å²) < 4.78 is 2.38. The van der Waals surface area contributed by atoms with Gasteiger partial charge in [0.2, 0.25) is 0 Å². The Balaban J connectivity index is 1.76. The van der Waals surface area contributed by atoms with Crippen LogP contribution in [0.2, 0.25) is 0 Å². The number of nitrogens with one attached hydrogen (secondary N) is 1. The number of aromatic nitrogens is 1. The van der Waals surface area contributed by atoms with E-state index in [0.29, 0.717) is 0 Å². The van der Waals surface area contributed by atoms with Crippen molar-refractivity contribution in [2.24, 2.45) is 0 Å². The molecule has 0 saturated heterocycles. The molecule has 3 aromatic rings. The Kier molecular flexibility index (Phi) is 3.53. The van der Waals surface area contributed by atoms with Crippen LogP contribution in [-0.2, 0) is 6.54 Å². The third-order valence-corrected chi connectivity index (χ3v) is 4.87. The van der Waals surface area contributed by atoms with E-state index in [0.717, 1.165) is 27.2 Å². The van der Waals surface area contributed by atoms with Crippen LogP contribution >= 0.6 is 27.3 Å². The van der Waals surface area contributed by atoms with Crippen LogP contribution in [0.3, 0.4) is 0 Å². The zero-order valence-electron chi connectivity index (χ0n) is 10.5. The summed E-state index contributed by atoms with van der Waals surface area (Å²) in [5, 5.41) is 4.53. The average molecular weight is 333 g/mol. The highest BCUT2D eigenvalue weighted by Gasteiger charge is 2.03. The molecule has 19 heavy (non-hydrogen) atoms. The average Bonchev–Trinajstić information content (AvgIpc) is 2.83. The topological polar surface area (TPSA) is 24.9 Å². The van der Waals surface area contributed by atoms with Gasteiger partial charge in [-0.25, -0.2) is 4.98 Å². The van der Waals surface area contributed by atoms with E-state index in [2.05, 4.69) is 69.6 Å². The predicted octanol–water partition coefficient (Wildman–Crippen LogP) is 4.98. The second-order valence-corrected chi connectivity index (χ2v) is 6.36. The maximum Gasteiger partial charge on any atom is 0.113 e. The summed E-state index contributed by atoms with van der Waals surface area (Å²) in [6.45, 7) is 2.85. The number of hydrogen-bond acceptors (Lipinski definition) is 3. The molecule has 4 heteroatoms.